The maximum Gasteiger partial charge on any atom is 0.270 e. The van der Waals surface area contributed by atoms with Gasteiger partial charge in [-0.05, 0) is 24.6 Å². The third-order valence-electron chi connectivity index (χ3n) is 4.29. The molecule has 0 atom stereocenters. The summed E-state index contributed by atoms with van der Waals surface area (Å²) < 4.78 is 12.7. The van der Waals surface area contributed by atoms with Crippen LogP contribution >= 0.6 is 23.4 Å². The van der Waals surface area contributed by atoms with E-state index in [0.29, 0.717) is 32.8 Å². The van der Waals surface area contributed by atoms with E-state index in [1.165, 1.54) is 23.9 Å². The minimum atomic E-state index is -0.417. The average molecular weight is 419 g/mol. The van der Waals surface area contributed by atoms with Crippen molar-refractivity contribution in [3.63, 3.8) is 0 Å². The quantitative estimate of drug-likeness (QED) is 0.346. The van der Waals surface area contributed by atoms with Gasteiger partial charge in [0, 0.05) is 34.0 Å². The molecule has 1 aliphatic rings. The maximum absolute atomic E-state index is 11.2. The van der Waals surface area contributed by atoms with E-state index in [1.54, 1.807) is 6.33 Å². The predicted molar refractivity (Wildman–Crippen MR) is 104 cm³/mol. The molecule has 28 heavy (non-hydrogen) atoms. The number of aromatic nitrogens is 3. The third kappa shape index (κ3) is 3.68. The largest absolute Gasteiger partial charge is 0.467 e. The summed E-state index contributed by atoms with van der Waals surface area (Å²) >= 11 is 7.64. The number of ether oxygens (including phenoxy) is 2. The van der Waals surface area contributed by atoms with Crippen LogP contribution in [0.25, 0.3) is 5.69 Å². The molecule has 0 N–H and O–H groups in total. The van der Waals surface area contributed by atoms with Gasteiger partial charge in [-0.15, -0.1) is 10.2 Å². The molecular formula is C18H15ClN4O4S. The number of halogens is 1. The Kier molecular flexibility index (Phi) is 5.21. The van der Waals surface area contributed by atoms with Crippen molar-refractivity contribution in [2.75, 3.05) is 6.79 Å². The molecular weight excluding hydrogens is 404 g/mol. The van der Waals surface area contributed by atoms with Crippen LogP contribution in [0.4, 0.5) is 5.69 Å². The number of hydrogen-bond donors (Lipinski definition) is 0. The van der Waals surface area contributed by atoms with Crippen molar-refractivity contribution in [3.05, 3.63) is 68.5 Å². The molecule has 0 radical (unpaired) electrons. The zero-order chi connectivity index (χ0) is 19.7. The first-order valence-electron chi connectivity index (χ1n) is 8.33. The number of thioether (sulfide) groups is 1. The Morgan fingerprint density at radius 3 is 3.00 bits per heavy atom. The van der Waals surface area contributed by atoms with Gasteiger partial charge in [-0.2, -0.15) is 0 Å². The Balaban J connectivity index is 1.62. The van der Waals surface area contributed by atoms with Gasteiger partial charge in [-0.1, -0.05) is 29.4 Å². The highest BCUT2D eigenvalue weighted by atomic mass is 35.5. The number of benzene rings is 2. The van der Waals surface area contributed by atoms with Crippen molar-refractivity contribution in [2.24, 2.45) is 0 Å². The molecule has 0 unspecified atom stereocenters. The molecule has 2 aromatic carbocycles. The summed E-state index contributed by atoms with van der Waals surface area (Å²) in [6, 6.07) is 8.72. The molecule has 0 spiro atoms. The molecule has 0 saturated heterocycles. The van der Waals surface area contributed by atoms with E-state index in [2.05, 4.69) is 10.2 Å². The van der Waals surface area contributed by atoms with Crippen molar-refractivity contribution in [3.8, 4) is 11.4 Å². The summed E-state index contributed by atoms with van der Waals surface area (Å²) in [5.74, 6) is 1.07. The molecule has 4 rings (SSSR count). The number of nitro benzene ring substituents is 1. The minimum absolute atomic E-state index is 0.00948. The fourth-order valence-electron chi connectivity index (χ4n) is 2.87. The van der Waals surface area contributed by atoms with Crippen LogP contribution in [0.2, 0.25) is 5.02 Å². The number of aryl methyl sites for hydroxylation is 1. The highest BCUT2D eigenvalue weighted by molar-refractivity contribution is 7.98. The van der Waals surface area contributed by atoms with Gasteiger partial charge in [0.15, 0.2) is 11.9 Å². The van der Waals surface area contributed by atoms with Gasteiger partial charge in [0.05, 0.1) is 17.2 Å². The first kappa shape index (κ1) is 18.7. The second-order valence-electron chi connectivity index (χ2n) is 6.17. The molecule has 1 aliphatic heterocycles. The smallest absolute Gasteiger partial charge is 0.270 e. The molecule has 1 aromatic heterocycles. The lowest BCUT2D eigenvalue weighted by molar-refractivity contribution is -0.385. The van der Waals surface area contributed by atoms with Gasteiger partial charge >= 0.3 is 0 Å². The molecule has 0 bridgehead atoms. The lowest BCUT2D eigenvalue weighted by Gasteiger charge is -2.20. The average Bonchev–Trinajstić information content (AvgIpc) is 3.16. The summed E-state index contributed by atoms with van der Waals surface area (Å²) in [4.78, 5) is 10.8. The van der Waals surface area contributed by atoms with Crippen LogP contribution in [0.5, 0.6) is 5.75 Å². The van der Waals surface area contributed by atoms with Crippen LogP contribution in [0.15, 0.2) is 41.8 Å². The summed E-state index contributed by atoms with van der Waals surface area (Å²) in [5, 5.41) is 20.7. The SMILES string of the molecule is Cc1ccc(-n2cnnc2SCc2cc([N+](=O)[O-])cc3c2OCOC3)cc1Cl. The lowest BCUT2D eigenvalue weighted by Crippen LogP contribution is -2.13. The molecule has 3 aromatic rings. The van der Waals surface area contributed by atoms with Crippen molar-refractivity contribution in [1.29, 1.82) is 0 Å². The number of nitrogens with zero attached hydrogens (tertiary/aromatic N) is 4. The molecule has 144 valence electrons. The first-order valence-corrected chi connectivity index (χ1v) is 9.69. The third-order valence-corrected chi connectivity index (χ3v) is 5.69. The highest BCUT2D eigenvalue weighted by Crippen LogP contribution is 2.36. The summed E-state index contributed by atoms with van der Waals surface area (Å²) in [5.41, 5.74) is 3.22. The van der Waals surface area contributed by atoms with Crippen LogP contribution in [0.3, 0.4) is 0 Å². The molecule has 2 heterocycles. The van der Waals surface area contributed by atoms with Crippen LogP contribution in [0.1, 0.15) is 16.7 Å². The summed E-state index contributed by atoms with van der Waals surface area (Å²) in [6.45, 7) is 2.34. The molecule has 0 saturated carbocycles. The van der Waals surface area contributed by atoms with E-state index in [1.807, 2.05) is 29.7 Å². The Morgan fingerprint density at radius 1 is 1.36 bits per heavy atom. The highest BCUT2D eigenvalue weighted by Gasteiger charge is 2.21. The van der Waals surface area contributed by atoms with Crippen LogP contribution in [0, 0.1) is 17.0 Å². The van der Waals surface area contributed by atoms with Crippen LogP contribution in [-0.2, 0) is 17.1 Å². The van der Waals surface area contributed by atoms with Gasteiger partial charge in [-0.3, -0.25) is 14.7 Å². The Bertz CT molecular complexity index is 1060. The number of fused-ring (bicyclic) bond motifs is 1. The van der Waals surface area contributed by atoms with Crippen LogP contribution < -0.4 is 4.74 Å². The molecule has 0 amide bonds. The first-order chi connectivity index (χ1) is 13.5. The molecule has 0 aliphatic carbocycles. The van der Waals surface area contributed by atoms with Gasteiger partial charge < -0.3 is 9.47 Å². The van der Waals surface area contributed by atoms with Gasteiger partial charge in [0.25, 0.3) is 5.69 Å². The van der Waals surface area contributed by atoms with Gasteiger partial charge in [0.2, 0.25) is 0 Å². The van der Waals surface area contributed by atoms with Crippen molar-refractivity contribution >= 4 is 29.1 Å². The van der Waals surface area contributed by atoms with Gasteiger partial charge in [-0.25, -0.2) is 0 Å². The fraction of sp³-hybridized carbons (Fsp3) is 0.222. The second-order valence-corrected chi connectivity index (χ2v) is 7.52. The Hall–Kier alpha value is -2.62. The Morgan fingerprint density at radius 2 is 2.21 bits per heavy atom. The number of rotatable bonds is 5. The van der Waals surface area contributed by atoms with E-state index >= 15 is 0 Å². The van der Waals surface area contributed by atoms with E-state index in [-0.39, 0.29) is 19.1 Å². The van der Waals surface area contributed by atoms with E-state index in [0.717, 1.165) is 11.3 Å². The number of non-ortho nitro benzene ring substituents is 1. The zero-order valence-corrected chi connectivity index (χ0v) is 16.4. The van der Waals surface area contributed by atoms with Crippen LogP contribution in [-0.4, -0.2) is 26.5 Å². The minimum Gasteiger partial charge on any atom is -0.467 e. The summed E-state index contributed by atoms with van der Waals surface area (Å²) in [7, 11) is 0. The predicted octanol–water partition coefficient (Wildman–Crippen LogP) is 4.30. The lowest BCUT2D eigenvalue weighted by atomic mass is 10.1. The second kappa shape index (κ2) is 7.78. The monoisotopic (exact) mass is 418 g/mol. The maximum atomic E-state index is 11.2. The van der Waals surface area contributed by atoms with E-state index in [9.17, 15) is 10.1 Å². The van der Waals surface area contributed by atoms with Gasteiger partial charge in [0.1, 0.15) is 12.1 Å². The zero-order valence-electron chi connectivity index (χ0n) is 14.8. The topological polar surface area (TPSA) is 92.3 Å². The van der Waals surface area contributed by atoms with Crippen molar-refractivity contribution < 1.29 is 14.4 Å². The molecule has 0 fully saturated rings. The van der Waals surface area contributed by atoms with E-state index in [4.69, 9.17) is 21.1 Å². The number of hydrogen-bond acceptors (Lipinski definition) is 7. The molecule has 10 heteroatoms. The van der Waals surface area contributed by atoms with E-state index < -0.39 is 4.92 Å². The number of nitro groups is 1. The van der Waals surface area contributed by atoms with Crippen molar-refractivity contribution in [2.45, 2.75) is 24.4 Å². The Labute approximate surface area is 169 Å². The van der Waals surface area contributed by atoms with Crippen molar-refractivity contribution in [1.82, 2.24) is 14.8 Å². The normalized spacial score (nSPS) is 13.1. The summed E-state index contributed by atoms with van der Waals surface area (Å²) in [6.07, 6.45) is 1.61. The molecule has 8 nitrogen and oxygen atoms in total. The standard InChI is InChI=1S/C18H15ClN4O4S/c1-11-2-3-14(6-16(11)19)22-9-20-21-18(22)28-8-13-5-15(23(24)25)4-12-7-26-10-27-17(12)13/h2-6,9H,7-8,10H2,1H3. The fourth-order valence-corrected chi connectivity index (χ4v) is 3.94.